The Balaban J connectivity index is 2.27. The third-order valence-corrected chi connectivity index (χ3v) is 3.82. The molecule has 0 aliphatic rings. The number of hydrogen-bond acceptors (Lipinski definition) is 5. The number of halogens is 2. The SMILES string of the molecule is CCCc1nc(NN)cc(Nc2ccc(Br)c(Cl)c2)n1. The fraction of sp³-hybridized carbons (Fsp3) is 0.231. The van der Waals surface area contributed by atoms with Crippen LogP contribution in [0.3, 0.4) is 0 Å². The maximum atomic E-state index is 6.07. The van der Waals surface area contributed by atoms with Gasteiger partial charge in [0.1, 0.15) is 17.5 Å². The molecule has 0 fully saturated rings. The van der Waals surface area contributed by atoms with Crippen molar-refractivity contribution in [3.05, 3.63) is 39.6 Å². The summed E-state index contributed by atoms with van der Waals surface area (Å²) in [6.45, 7) is 2.08. The van der Waals surface area contributed by atoms with Crippen molar-refractivity contribution in [2.75, 3.05) is 10.7 Å². The number of rotatable bonds is 5. The Morgan fingerprint density at radius 2 is 2.00 bits per heavy atom. The van der Waals surface area contributed by atoms with Crippen molar-refractivity contribution in [3.63, 3.8) is 0 Å². The highest BCUT2D eigenvalue weighted by atomic mass is 79.9. The molecule has 0 saturated heterocycles. The lowest BCUT2D eigenvalue weighted by Crippen LogP contribution is -2.11. The van der Waals surface area contributed by atoms with E-state index >= 15 is 0 Å². The highest BCUT2D eigenvalue weighted by Crippen LogP contribution is 2.27. The molecule has 2 aromatic rings. The smallest absolute Gasteiger partial charge is 0.145 e. The fourth-order valence-corrected chi connectivity index (χ4v) is 2.12. The predicted octanol–water partition coefficient (Wildman–Crippen LogP) is 3.87. The van der Waals surface area contributed by atoms with Gasteiger partial charge in [-0.15, -0.1) is 0 Å². The number of hydrazine groups is 1. The van der Waals surface area contributed by atoms with E-state index in [9.17, 15) is 0 Å². The van der Waals surface area contributed by atoms with Gasteiger partial charge in [-0.05, 0) is 40.5 Å². The Hall–Kier alpha value is -1.37. The van der Waals surface area contributed by atoms with E-state index in [0.29, 0.717) is 16.7 Å². The average Bonchev–Trinajstić information content (AvgIpc) is 2.43. The van der Waals surface area contributed by atoms with Crippen LogP contribution in [0.25, 0.3) is 0 Å². The van der Waals surface area contributed by atoms with E-state index in [4.69, 9.17) is 17.4 Å². The van der Waals surface area contributed by atoms with E-state index < -0.39 is 0 Å². The van der Waals surface area contributed by atoms with Crippen LogP contribution in [-0.2, 0) is 6.42 Å². The van der Waals surface area contributed by atoms with Gasteiger partial charge >= 0.3 is 0 Å². The molecule has 0 radical (unpaired) electrons. The Labute approximate surface area is 131 Å². The molecule has 1 aromatic carbocycles. The van der Waals surface area contributed by atoms with E-state index in [0.717, 1.165) is 28.8 Å². The molecule has 2 rings (SSSR count). The van der Waals surface area contributed by atoms with E-state index in [-0.39, 0.29) is 0 Å². The van der Waals surface area contributed by atoms with Gasteiger partial charge < -0.3 is 10.7 Å². The van der Waals surface area contributed by atoms with Gasteiger partial charge in [-0.3, -0.25) is 0 Å². The minimum Gasteiger partial charge on any atom is -0.340 e. The summed E-state index contributed by atoms with van der Waals surface area (Å²) in [6, 6.07) is 7.35. The van der Waals surface area contributed by atoms with E-state index in [2.05, 4.69) is 43.6 Å². The van der Waals surface area contributed by atoms with Crippen LogP contribution < -0.4 is 16.6 Å². The van der Waals surface area contributed by atoms with Crippen LogP contribution in [0.5, 0.6) is 0 Å². The molecule has 0 atom stereocenters. The number of benzene rings is 1. The number of hydrogen-bond donors (Lipinski definition) is 3. The average molecular weight is 357 g/mol. The number of aromatic nitrogens is 2. The first-order valence-electron chi connectivity index (χ1n) is 6.19. The number of nitrogens with two attached hydrogens (primary N) is 1. The summed E-state index contributed by atoms with van der Waals surface area (Å²) in [5.41, 5.74) is 3.40. The largest absolute Gasteiger partial charge is 0.340 e. The molecule has 5 nitrogen and oxygen atoms in total. The van der Waals surface area contributed by atoms with Crippen LogP contribution in [0.15, 0.2) is 28.7 Å². The number of nitrogens with one attached hydrogen (secondary N) is 2. The fourth-order valence-electron chi connectivity index (χ4n) is 1.69. The second kappa shape index (κ2) is 6.88. The summed E-state index contributed by atoms with van der Waals surface area (Å²) in [4.78, 5) is 8.74. The van der Waals surface area contributed by atoms with E-state index in [1.54, 1.807) is 6.07 Å². The van der Waals surface area contributed by atoms with Gasteiger partial charge in [0.15, 0.2) is 0 Å². The molecule has 0 amide bonds. The first kappa shape index (κ1) is 15.0. The number of anilines is 3. The molecule has 1 heterocycles. The summed E-state index contributed by atoms with van der Waals surface area (Å²) in [5, 5.41) is 3.83. The molecule has 0 bridgehead atoms. The van der Waals surface area contributed by atoms with Gasteiger partial charge in [-0.1, -0.05) is 18.5 Å². The zero-order chi connectivity index (χ0) is 14.5. The summed E-state index contributed by atoms with van der Waals surface area (Å²) in [5.74, 6) is 7.42. The zero-order valence-electron chi connectivity index (χ0n) is 11.0. The highest BCUT2D eigenvalue weighted by molar-refractivity contribution is 9.10. The van der Waals surface area contributed by atoms with Gasteiger partial charge in [0, 0.05) is 22.6 Å². The van der Waals surface area contributed by atoms with Gasteiger partial charge in [0.25, 0.3) is 0 Å². The van der Waals surface area contributed by atoms with Crippen molar-refractivity contribution < 1.29 is 0 Å². The first-order valence-corrected chi connectivity index (χ1v) is 7.36. The minimum absolute atomic E-state index is 0.578. The molecular formula is C13H15BrClN5. The summed E-state index contributed by atoms with van der Waals surface area (Å²) in [6.07, 6.45) is 1.77. The Bertz CT molecular complexity index is 605. The van der Waals surface area contributed by atoms with Gasteiger partial charge in [0.2, 0.25) is 0 Å². The van der Waals surface area contributed by atoms with Crippen molar-refractivity contribution in [2.45, 2.75) is 19.8 Å². The number of nitrogen functional groups attached to an aromatic ring is 1. The summed E-state index contributed by atoms with van der Waals surface area (Å²) >= 11 is 9.43. The molecule has 20 heavy (non-hydrogen) atoms. The van der Waals surface area contributed by atoms with Gasteiger partial charge in [-0.25, -0.2) is 15.8 Å². The number of aryl methyl sites for hydroxylation is 1. The molecule has 1 aromatic heterocycles. The maximum Gasteiger partial charge on any atom is 0.145 e. The van der Waals surface area contributed by atoms with Gasteiger partial charge in [0.05, 0.1) is 5.02 Å². The third-order valence-electron chi connectivity index (χ3n) is 2.59. The molecule has 106 valence electrons. The van der Waals surface area contributed by atoms with Crippen molar-refractivity contribution >= 4 is 44.9 Å². The Kier molecular flexibility index (Phi) is 5.17. The maximum absolute atomic E-state index is 6.07. The molecular weight excluding hydrogens is 342 g/mol. The van der Waals surface area contributed by atoms with Crippen LogP contribution in [0.2, 0.25) is 5.02 Å². The summed E-state index contributed by atoms with van der Waals surface area (Å²) < 4.78 is 0.850. The second-order valence-electron chi connectivity index (χ2n) is 4.20. The molecule has 0 spiro atoms. The van der Waals surface area contributed by atoms with Crippen LogP contribution >= 0.6 is 27.5 Å². The van der Waals surface area contributed by atoms with E-state index in [1.807, 2.05) is 18.2 Å². The van der Waals surface area contributed by atoms with Gasteiger partial charge in [-0.2, -0.15) is 0 Å². The molecule has 7 heteroatoms. The number of nitrogens with zero attached hydrogens (tertiary/aromatic N) is 2. The normalized spacial score (nSPS) is 10.4. The first-order chi connectivity index (χ1) is 9.62. The monoisotopic (exact) mass is 355 g/mol. The van der Waals surface area contributed by atoms with Crippen LogP contribution in [0.4, 0.5) is 17.3 Å². The van der Waals surface area contributed by atoms with E-state index in [1.165, 1.54) is 0 Å². The third kappa shape index (κ3) is 3.82. The zero-order valence-corrected chi connectivity index (χ0v) is 13.3. The lowest BCUT2D eigenvalue weighted by molar-refractivity contribution is 0.837. The van der Waals surface area contributed by atoms with Crippen molar-refractivity contribution in [1.29, 1.82) is 0 Å². The standard InChI is InChI=1S/C13H15BrClN5/c1-2-3-11-18-12(7-13(19-11)20-16)17-8-4-5-9(14)10(15)6-8/h4-7H,2-3,16H2,1H3,(H2,17,18,19,20). The Morgan fingerprint density at radius 3 is 2.65 bits per heavy atom. The molecule has 0 aliphatic heterocycles. The van der Waals surface area contributed by atoms with Crippen molar-refractivity contribution in [3.8, 4) is 0 Å². The topological polar surface area (TPSA) is 75.9 Å². The van der Waals surface area contributed by atoms with Crippen LogP contribution in [0.1, 0.15) is 19.2 Å². The predicted molar refractivity (Wildman–Crippen MR) is 86.3 cm³/mol. The lowest BCUT2D eigenvalue weighted by Gasteiger charge is -2.10. The lowest BCUT2D eigenvalue weighted by atomic mass is 10.3. The molecule has 4 N–H and O–H groups in total. The molecule has 0 saturated carbocycles. The highest BCUT2D eigenvalue weighted by Gasteiger charge is 2.05. The second-order valence-corrected chi connectivity index (χ2v) is 5.46. The quantitative estimate of drug-likeness (QED) is 0.560. The van der Waals surface area contributed by atoms with Crippen molar-refractivity contribution in [1.82, 2.24) is 9.97 Å². The van der Waals surface area contributed by atoms with Crippen LogP contribution in [-0.4, -0.2) is 9.97 Å². The minimum atomic E-state index is 0.578. The van der Waals surface area contributed by atoms with Crippen LogP contribution in [0, 0.1) is 0 Å². The summed E-state index contributed by atoms with van der Waals surface area (Å²) in [7, 11) is 0. The molecule has 0 aliphatic carbocycles. The van der Waals surface area contributed by atoms with Crippen molar-refractivity contribution in [2.24, 2.45) is 5.84 Å². The Morgan fingerprint density at radius 1 is 1.25 bits per heavy atom. The molecule has 0 unspecified atom stereocenters.